The quantitative estimate of drug-likeness (QED) is 0.443. The van der Waals surface area contributed by atoms with Gasteiger partial charge in [0, 0.05) is 0 Å². The highest BCUT2D eigenvalue weighted by Gasteiger charge is 2.27. The summed E-state index contributed by atoms with van der Waals surface area (Å²) < 4.78 is 5.16. The number of rotatable bonds is 8. The van der Waals surface area contributed by atoms with Crippen LogP contribution in [-0.2, 0) is 9.45 Å². The van der Waals surface area contributed by atoms with E-state index in [1.165, 1.54) is 32.1 Å². The van der Waals surface area contributed by atoms with Crippen molar-refractivity contribution in [3.63, 3.8) is 0 Å². The molecule has 0 bridgehead atoms. The molecule has 0 heterocycles. The standard InChI is InChI=1S/C12H24BNO4/c14-8-18-13-10(11(15)7-12(16)17)6-9-4-2-1-3-5-9/h9-11,13,15H,1-8,14H2,(H,16,17)/t10-,11?/m0/s1. The lowest BCUT2D eigenvalue weighted by Gasteiger charge is -2.28. The number of hydrogen-bond acceptors (Lipinski definition) is 4. The molecule has 0 aromatic heterocycles. The summed E-state index contributed by atoms with van der Waals surface area (Å²) in [4.78, 5) is 10.7. The van der Waals surface area contributed by atoms with Crippen LogP contribution in [0.3, 0.4) is 0 Å². The molecular weight excluding hydrogens is 233 g/mol. The third-order valence-corrected chi connectivity index (χ3v) is 3.74. The number of nitrogens with two attached hydrogens (primary N) is 1. The monoisotopic (exact) mass is 257 g/mol. The number of carboxylic acids is 1. The molecule has 5 nitrogen and oxygen atoms in total. The number of carbonyl (C=O) groups is 1. The molecule has 18 heavy (non-hydrogen) atoms. The third-order valence-electron chi connectivity index (χ3n) is 3.74. The van der Waals surface area contributed by atoms with Crippen LogP contribution in [0.1, 0.15) is 44.9 Å². The molecule has 1 rings (SSSR count). The largest absolute Gasteiger partial charge is 0.481 e. The van der Waals surface area contributed by atoms with Crippen LogP contribution in [0, 0.1) is 5.92 Å². The molecular formula is C12H24BNO4. The molecule has 2 atom stereocenters. The second-order valence-electron chi connectivity index (χ2n) is 5.20. The fraction of sp³-hybridized carbons (Fsp3) is 0.917. The van der Waals surface area contributed by atoms with E-state index < -0.39 is 12.1 Å². The van der Waals surface area contributed by atoms with E-state index in [0.717, 1.165) is 6.42 Å². The van der Waals surface area contributed by atoms with E-state index in [2.05, 4.69) is 0 Å². The maximum atomic E-state index is 10.7. The van der Waals surface area contributed by atoms with Crippen LogP contribution in [0.5, 0.6) is 0 Å². The molecule has 0 amide bonds. The van der Waals surface area contributed by atoms with Crippen LogP contribution in [-0.4, -0.2) is 36.5 Å². The summed E-state index contributed by atoms with van der Waals surface area (Å²) in [5.41, 5.74) is 5.29. The first kappa shape index (κ1) is 15.5. The second kappa shape index (κ2) is 8.51. The van der Waals surface area contributed by atoms with Crippen molar-refractivity contribution in [2.75, 3.05) is 6.73 Å². The van der Waals surface area contributed by atoms with Gasteiger partial charge in [-0.2, -0.15) is 0 Å². The van der Waals surface area contributed by atoms with Gasteiger partial charge in [0.25, 0.3) is 7.48 Å². The summed E-state index contributed by atoms with van der Waals surface area (Å²) in [7, 11) is 0.349. The summed E-state index contributed by atoms with van der Waals surface area (Å²) in [6, 6.07) is 0. The lowest BCUT2D eigenvalue weighted by molar-refractivity contribution is -0.139. The number of aliphatic hydroxyl groups excluding tert-OH is 1. The van der Waals surface area contributed by atoms with E-state index in [1.807, 2.05) is 0 Å². The molecule has 1 aliphatic carbocycles. The number of carboxylic acid groups (broad SMARTS) is 1. The Bertz CT molecular complexity index is 246. The molecule has 0 aliphatic heterocycles. The summed E-state index contributed by atoms with van der Waals surface area (Å²) in [6.45, 7) is 0.112. The van der Waals surface area contributed by atoms with Gasteiger partial charge in [0.05, 0.1) is 19.3 Å². The first-order valence-electron chi connectivity index (χ1n) is 6.81. The second-order valence-corrected chi connectivity index (χ2v) is 5.20. The Morgan fingerprint density at radius 2 is 2.06 bits per heavy atom. The Labute approximate surface area is 109 Å². The summed E-state index contributed by atoms with van der Waals surface area (Å²) in [5.74, 6) is -0.495. The van der Waals surface area contributed by atoms with Crippen molar-refractivity contribution in [3.8, 4) is 0 Å². The normalized spacial score (nSPS) is 20.3. The predicted molar refractivity (Wildman–Crippen MR) is 70.5 cm³/mol. The highest BCUT2D eigenvalue weighted by molar-refractivity contribution is 6.29. The zero-order valence-electron chi connectivity index (χ0n) is 10.9. The molecule has 0 spiro atoms. The van der Waals surface area contributed by atoms with Gasteiger partial charge in [-0.3, -0.25) is 4.79 Å². The van der Waals surface area contributed by atoms with Gasteiger partial charge in [0.2, 0.25) is 0 Å². The van der Waals surface area contributed by atoms with Gasteiger partial charge in [-0.05, 0) is 18.2 Å². The van der Waals surface area contributed by atoms with Gasteiger partial charge in [0.1, 0.15) is 0 Å². The zero-order chi connectivity index (χ0) is 13.4. The highest BCUT2D eigenvalue weighted by Crippen LogP contribution is 2.32. The van der Waals surface area contributed by atoms with Crippen LogP contribution < -0.4 is 5.73 Å². The van der Waals surface area contributed by atoms with Crippen LogP contribution in [0.4, 0.5) is 0 Å². The molecule has 0 aromatic carbocycles. The Morgan fingerprint density at radius 3 is 2.61 bits per heavy atom. The minimum absolute atomic E-state index is 0.112. The van der Waals surface area contributed by atoms with Gasteiger partial charge >= 0.3 is 5.97 Å². The maximum Gasteiger partial charge on any atom is 0.305 e. The SMILES string of the molecule is NCOB[C@@H](CC1CCCCC1)C(O)CC(=O)O. The predicted octanol–water partition coefficient (Wildman–Crippen LogP) is 0.865. The fourth-order valence-corrected chi connectivity index (χ4v) is 2.75. The summed E-state index contributed by atoms with van der Waals surface area (Å²) in [6.07, 6.45) is 5.92. The van der Waals surface area contributed by atoms with Crippen molar-refractivity contribution >= 4 is 13.5 Å². The van der Waals surface area contributed by atoms with E-state index in [4.69, 9.17) is 15.5 Å². The Balaban J connectivity index is 2.44. The van der Waals surface area contributed by atoms with Gasteiger partial charge in [-0.15, -0.1) is 0 Å². The average molecular weight is 257 g/mol. The minimum Gasteiger partial charge on any atom is -0.481 e. The van der Waals surface area contributed by atoms with E-state index in [0.29, 0.717) is 13.4 Å². The Hall–Kier alpha value is -0.585. The molecule has 4 N–H and O–H groups in total. The molecule has 0 radical (unpaired) electrons. The molecule has 0 aromatic rings. The van der Waals surface area contributed by atoms with E-state index in [-0.39, 0.29) is 19.0 Å². The van der Waals surface area contributed by atoms with Gasteiger partial charge in [0.15, 0.2) is 0 Å². The first-order chi connectivity index (χ1) is 8.63. The Kier molecular flexibility index (Phi) is 7.31. The van der Waals surface area contributed by atoms with E-state index in [9.17, 15) is 9.90 Å². The van der Waals surface area contributed by atoms with Gasteiger partial charge in [-0.1, -0.05) is 32.1 Å². The minimum atomic E-state index is -0.969. The van der Waals surface area contributed by atoms with E-state index >= 15 is 0 Å². The van der Waals surface area contributed by atoms with Gasteiger partial charge in [-0.25, -0.2) is 0 Å². The summed E-state index contributed by atoms with van der Waals surface area (Å²) >= 11 is 0. The smallest absolute Gasteiger partial charge is 0.305 e. The first-order valence-corrected chi connectivity index (χ1v) is 6.81. The molecule has 1 saturated carbocycles. The van der Waals surface area contributed by atoms with Crippen LogP contribution in [0.15, 0.2) is 0 Å². The molecule has 1 aliphatic rings. The molecule has 1 unspecified atom stereocenters. The van der Waals surface area contributed by atoms with Crippen LogP contribution in [0.2, 0.25) is 5.82 Å². The maximum absolute atomic E-state index is 10.7. The van der Waals surface area contributed by atoms with Gasteiger partial charge < -0.3 is 20.6 Å². The number of hydrogen-bond donors (Lipinski definition) is 3. The lowest BCUT2D eigenvalue weighted by Crippen LogP contribution is -2.28. The summed E-state index contributed by atoms with van der Waals surface area (Å²) in [5, 5.41) is 18.7. The average Bonchev–Trinajstić information content (AvgIpc) is 2.34. The fourth-order valence-electron chi connectivity index (χ4n) is 2.75. The molecule has 1 fully saturated rings. The van der Waals surface area contributed by atoms with Crippen molar-refractivity contribution in [3.05, 3.63) is 0 Å². The van der Waals surface area contributed by atoms with E-state index in [1.54, 1.807) is 0 Å². The van der Waals surface area contributed by atoms with Crippen molar-refractivity contribution in [1.82, 2.24) is 0 Å². The molecule has 0 saturated heterocycles. The van der Waals surface area contributed by atoms with Crippen molar-refractivity contribution in [1.29, 1.82) is 0 Å². The molecule has 6 heteroatoms. The topological polar surface area (TPSA) is 92.8 Å². The lowest BCUT2D eigenvalue weighted by atomic mass is 9.68. The number of aliphatic carboxylic acids is 1. The van der Waals surface area contributed by atoms with Crippen molar-refractivity contribution in [2.24, 2.45) is 11.7 Å². The van der Waals surface area contributed by atoms with Crippen molar-refractivity contribution < 1.29 is 19.7 Å². The van der Waals surface area contributed by atoms with Crippen LogP contribution in [0.25, 0.3) is 0 Å². The van der Waals surface area contributed by atoms with Crippen LogP contribution >= 0.6 is 0 Å². The number of aliphatic hydroxyl groups is 1. The zero-order valence-corrected chi connectivity index (χ0v) is 10.9. The highest BCUT2D eigenvalue weighted by atomic mass is 16.4. The molecule has 104 valence electrons. The third kappa shape index (κ3) is 5.84. The Morgan fingerprint density at radius 1 is 1.39 bits per heavy atom. The van der Waals surface area contributed by atoms with Crippen molar-refractivity contribution in [2.45, 2.75) is 56.9 Å².